The summed E-state index contributed by atoms with van der Waals surface area (Å²) in [4.78, 5) is 6.97. The number of fused-ring (bicyclic) bond motifs is 1. The molecule has 0 aliphatic heterocycles. The lowest BCUT2D eigenvalue weighted by atomic mass is 10.1. The van der Waals surface area contributed by atoms with Gasteiger partial charge in [-0.25, -0.2) is 4.98 Å². The van der Waals surface area contributed by atoms with E-state index < -0.39 is 0 Å². The molecule has 0 radical (unpaired) electrons. The fraction of sp³-hybridized carbons (Fsp3) is 0.312. The predicted molar refractivity (Wildman–Crippen MR) is 89.2 cm³/mol. The first kappa shape index (κ1) is 14.6. The molecule has 0 spiro atoms. The van der Waals surface area contributed by atoms with Gasteiger partial charge in [-0.15, -0.1) is 11.3 Å². The molecular weight excluding hydrogens is 302 g/mol. The van der Waals surface area contributed by atoms with Crippen molar-refractivity contribution in [1.82, 2.24) is 14.7 Å². The molecule has 21 heavy (non-hydrogen) atoms. The second-order valence-corrected chi connectivity index (χ2v) is 6.94. The Bertz CT molecular complexity index is 758. The highest BCUT2D eigenvalue weighted by Gasteiger charge is 2.12. The first-order valence-electron chi connectivity index (χ1n) is 6.97. The van der Waals surface area contributed by atoms with E-state index in [0.29, 0.717) is 0 Å². The molecule has 2 heterocycles. The topological polar surface area (TPSA) is 29.3 Å². The lowest BCUT2D eigenvalue weighted by molar-refractivity contribution is 0.564. The number of benzene rings is 1. The van der Waals surface area contributed by atoms with Gasteiger partial charge in [0.2, 0.25) is 0 Å². The molecule has 1 aromatic carbocycles. The maximum Gasteiger partial charge on any atom is 0.194 e. The van der Waals surface area contributed by atoms with Crippen LogP contribution in [0.3, 0.4) is 0 Å². The van der Waals surface area contributed by atoms with Gasteiger partial charge in [0, 0.05) is 28.7 Å². The summed E-state index contributed by atoms with van der Waals surface area (Å²) in [5.74, 6) is 0. The standard InChI is InChI=1S/C16H18ClN3S/c1-10-9-20-15(12(3)19-16(20)21-10)8-18-11(2)13-4-6-14(17)7-5-13/h4-7,9,11,18H,8H2,1-3H3/t11-/m0/s1. The first-order chi connectivity index (χ1) is 10.0. The van der Waals surface area contributed by atoms with Gasteiger partial charge in [0.1, 0.15) is 0 Å². The van der Waals surface area contributed by atoms with E-state index >= 15 is 0 Å². The van der Waals surface area contributed by atoms with E-state index in [1.807, 2.05) is 12.1 Å². The molecule has 0 fully saturated rings. The minimum absolute atomic E-state index is 0.270. The van der Waals surface area contributed by atoms with Crippen molar-refractivity contribution in [1.29, 1.82) is 0 Å². The van der Waals surface area contributed by atoms with Crippen molar-refractivity contribution < 1.29 is 0 Å². The van der Waals surface area contributed by atoms with Crippen LogP contribution in [0.25, 0.3) is 4.96 Å². The summed E-state index contributed by atoms with van der Waals surface area (Å²) < 4.78 is 2.19. The molecule has 0 bridgehead atoms. The van der Waals surface area contributed by atoms with Crippen LogP contribution in [-0.2, 0) is 6.54 Å². The largest absolute Gasteiger partial charge is 0.305 e. The second-order valence-electron chi connectivity index (χ2n) is 5.29. The Kier molecular flexibility index (Phi) is 4.02. The van der Waals surface area contributed by atoms with Gasteiger partial charge >= 0.3 is 0 Å². The van der Waals surface area contributed by atoms with Crippen molar-refractivity contribution in [2.24, 2.45) is 0 Å². The quantitative estimate of drug-likeness (QED) is 0.766. The van der Waals surface area contributed by atoms with E-state index in [9.17, 15) is 0 Å². The molecule has 3 aromatic rings. The van der Waals surface area contributed by atoms with Crippen molar-refractivity contribution >= 4 is 27.9 Å². The van der Waals surface area contributed by atoms with E-state index in [-0.39, 0.29) is 6.04 Å². The zero-order valence-electron chi connectivity index (χ0n) is 12.4. The SMILES string of the molecule is Cc1cn2c(CN[C@@H](C)c3ccc(Cl)cc3)c(C)nc2s1. The molecule has 0 unspecified atom stereocenters. The Morgan fingerprint density at radius 2 is 2.00 bits per heavy atom. The number of nitrogens with one attached hydrogen (secondary N) is 1. The number of thiazole rings is 1. The summed E-state index contributed by atoms with van der Waals surface area (Å²) in [6.07, 6.45) is 2.16. The van der Waals surface area contributed by atoms with Gasteiger partial charge in [-0.1, -0.05) is 23.7 Å². The number of hydrogen-bond acceptors (Lipinski definition) is 3. The minimum Gasteiger partial charge on any atom is -0.305 e. The molecule has 0 amide bonds. The Morgan fingerprint density at radius 3 is 2.71 bits per heavy atom. The van der Waals surface area contributed by atoms with E-state index in [2.05, 4.69) is 53.8 Å². The van der Waals surface area contributed by atoms with Crippen LogP contribution in [0.1, 0.15) is 34.8 Å². The van der Waals surface area contributed by atoms with Crippen molar-refractivity contribution in [2.45, 2.75) is 33.4 Å². The molecular formula is C16H18ClN3S. The van der Waals surface area contributed by atoms with Crippen LogP contribution in [0.4, 0.5) is 0 Å². The molecule has 2 aromatic heterocycles. The summed E-state index contributed by atoms with van der Waals surface area (Å²) in [7, 11) is 0. The van der Waals surface area contributed by atoms with Crippen LogP contribution >= 0.6 is 22.9 Å². The molecule has 0 saturated heterocycles. The van der Waals surface area contributed by atoms with Gasteiger partial charge in [-0.2, -0.15) is 0 Å². The molecule has 3 nitrogen and oxygen atoms in total. The average Bonchev–Trinajstić information content (AvgIpc) is 2.92. The van der Waals surface area contributed by atoms with Gasteiger partial charge in [0.05, 0.1) is 11.4 Å². The maximum absolute atomic E-state index is 5.93. The summed E-state index contributed by atoms with van der Waals surface area (Å²) in [6, 6.07) is 8.26. The first-order valence-corrected chi connectivity index (χ1v) is 8.17. The predicted octanol–water partition coefficient (Wildman–Crippen LogP) is 4.52. The van der Waals surface area contributed by atoms with Crippen LogP contribution in [0.5, 0.6) is 0 Å². The number of rotatable bonds is 4. The van der Waals surface area contributed by atoms with Crippen LogP contribution < -0.4 is 5.32 Å². The van der Waals surface area contributed by atoms with Crippen molar-refractivity contribution in [3.63, 3.8) is 0 Å². The summed E-state index contributed by atoms with van der Waals surface area (Å²) in [5, 5.41) is 4.34. The van der Waals surface area contributed by atoms with E-state index in [1.165, 1.54) is 16.1 Å². The average molecular weight is 320 g/mol. The Labute approximate surface area is 133 Å². The second kappa shape index (κ2) is 5.79. The van der Waals surface area contributed by atoms with Crippen molar-refractivity contribution in [3.05, 3.63) is 57.3 Å². The fourth-order valence-electron chi connectivity index (χ4n) is 2.44. The summed E-state index contributed by atoms with van der Waals surface area (Å²) >= 11 is 7.66. The highest BCUT2D eigenvalue weighted by Crippen LogP contribution is 2.22. The zero-order chi connectivity index (χ0) is 15.0. The van der Waals surface area contributed by atoms with Crippen LogP contribution in [0.15, 0.2) is 30.5 Å². The van der Waals surface area contributed by atoms with Gasteiger partial charge in [-0.05, 0) is 38.5 Å². The van der Waals surface area contributed by atoms with Gasteiger partial charge in [0.25, 0.3) is 0 Å². The van der Waals surface area contributed by atoms with E-state index in [1.54, 1.807) is 11.3 Å². The third-order valence-corrected chi connectivity index (χ3v) is 4.84. The van der Waals surface area contributed by atoms with Gasteiger partial charge < -0.3 is 5.32 Å². The van der Waals surface area contributed by atoms with Gasteiger partial charge in [-0.3, -0.25) is 4.40 Å². The molecule has 1 N–H and O–H groups in total. The third kappa shape index (κ3) is 2.98. The number of imidazole rings is 1. The molecule has 3 rings (SSSR count). The monoisotopic (exact) mass is 319 g/mol. The number of nitrogens with zero attached hydrogens (tertiary/aromatic N) is 2. The Balaban J connectivity index is 1.76. The summed E-state index contributed by atoms with van der Waals surface area (Å²) in [6.45, 7) is 7.14. The number of aryl methyl sites for hydroxylation is 2. The fourth-order valence-corrected chi connectivity index (χ4v) is 3.46. The van der Waals surface area contributed by atoms with Crippen molar-refractivity contribution in [3.8, 4) is 0 Å². The smallest absolute Gasteiger partial charge is 0.194 e. The van der Waals surface area contributed by atoms with Crippen LogP contribution in [-0.4, -0.2) is 9.38 Å². The molecule has 5 heteroatoms. The third-order valence-electron chi connectivity index (χ3n) is 3.69. The number of aromatic nitrogens is 2. The molecule has 1 atom stereocenters. The molecule has 0 aliphatic rings. The maximum atomic E-state index is 5.93. The van der Waals surface area contributed by atoms with Crippen LogP contribution in [0.2, 0.25) is 5.02 Å². The normalized spacial score (nSPS) is 13.0. The Hall–Kier alpha value is -1.36. The van der Waals surface area contributed by atoms with Crippen molar-refractivity contribution in [2.75, 3.05) is 0 Å². The lowest BCUT2D eigenvalue weighted by Gasteiger charge is -2.14. The highest BCUT2D eigenvalue weighted by molar-refractivity contribution is 7.17. The number of halogens is 1. The van der Waals surface area contributed by atoms with E-state index in [0.717, 1.165) is 22.2 Å². The zero-order valence-corrected chi connectivity index (χ0v) is 13.9. The molecule has 110 valence electrons. The Morgan fingerprint density at radius 1 is 1.29 bits per heavy atom. The molecule has 0 saturated carbocycles. The minimum atomic E-state index is 0.270. The lowest BCUT2D eigenvalue weighted by Crippen LogP contribution is -2.19. The number of hydrogen-bond donors (Lipinski definition) is 1. The summed E-state index contributed by atoms with van der Waals surface area (Å²) in [5.41, 5.74) is 3.56. The highest BCUT2D eigenvalue weighted by atomic mass is 35.5. The van der Waals surface area contributed by atoms with Crippen LogP contribution in [0, 0.1) is 13.8 Å². The van der Waals surface area contributed by atoms with E-state index in [4.69, 9.17) is 11.6 Å². The van der Waals surface area contributed by atoms with Gasteiger partial charge in [0.15, 0.2) is 4.96 Å². The molecule has 0 aliphatic carbocycles.